The topological polar surface area (TPSA) is 70.7 Å². The van der Waals surface area contributed by atoms with Crippen molar-refractivity contribution in [1.82, 2.24) is 10.2 Å². The molecule has 0 saturated carbocycles. The molecule has 0 bridgehead atoms. The van der Waals surface area contributed by atoms with Crippen molar-refractivity contribution in [2.75, 3.05) is 32.1 Å². The first-order valence-corrected chi connectivity index (χ1v) is 8.80. The fourth-order valence-electron chi connectivity index (χ4n) is 2.12. The van der Waals surface area contributed by atoms with Gasteiger partial charge in [0.05, 0.1) is 17.6 Å². The lowest BCUT2D eigenvalue weighted by Gasteiger charge is -2.17. The zero-order valence-corrected chi connectivity index (χ0v) is 16.0. The van der Waals surface area contributed by atoms with Crippen molar-refractivity contribution in [3.8, 4) is 0 Å². The Bertz CT molecular complexity index is 637. The van der Waals surface area contributed by atoms with E-state index in [-0.39, 0.29) is 5.91 Å². The molecule has 0 aliphatic rings. The maximum Gasteiger partial charge on any atom is 0.341 e. The molecule has 0 saturated heterocycles. The van der Waals surface area contributed by atoms with Gasteiger partial charge in [0, 0.05) is 19.6 Å². The lowest BCUT2D eigenvalue weighted by Crippen LogP contribution is -2.30. The summed E-state index contributed by atoms with van der Waals surface area (Å²) in [7, 11) is 1.31. The Labute approximate surface area is 151 Å². The molecular formula is C16H23N3O3S2. The van der Waals surface area contributed by atoms with Gasteiger partial charge < -0.3 is 20.3 Å². The number of nitrogens with zero attached hydrogens (tertiary/aromatic N) is 1. The number of rotatable bonds is 7. The highest BCUT2D eigenvalue weighted by Crippen LogP contribution is 2.34. The van der Waals surface area contributed by atoms with E-state index in [1.807, 2.05) is 13.8 Å². The zero-order valence-electron chi connectivity index (χ0n) is 14.4. The van der Waals surface area contributed by atoms with E-state index in [1.165, 1.54) is 18.4 Å². The molecule has 0 fully saturated rings. The molecule has 2 N–H and O–H groups in total. The average molecular weight is 370 g/mol. The number of thiocarbonyl (C=S) groups is 1. The maximum atomic E-state index is 12.7. The Hall–Kier alpha value is -1.93. The number of hydrogen-bond acceptors (Lipinski definition) is 5. The number of ether oxygens (including phenoxy) is 1. The monoisotopic (exact) mass is 369 g/mol. The van der Waals surface area contributed by atoms with Crippen molar-refractivity contribution in [3.05, 3.63) is 28.7 Å². The van der Waals surface area contributed by atoms with Gasteiger partial charge in [0.2, 0.25) is 0 Å². The van der Waals surface area contributed by atoms with Crippen LogP contribution in [-0.4, -0.2) is 48.6 Å². The highest BCUT2D eigenvalue weighted by Gasteiger charge is 2.27. The third-order valence-corrected chi connectivity index (χ3v) is 4.86. The van der Waals surface area contributed by atoms with Crippen molar-refractivity contribution < 1.29 is 14.3 Å². The van der Waals surface area contributed by atoms with Crippen LogP contribution in [-0.2, 0) is 4.74 Å². The predicted molar refractivity (Wildman–Crippen MR) is 102 cm³/mol. The molecule has 1 rings (SSSR count). The smallest absolute Gasteiger partial charge is 0.341 e. The van der Waals surface area contributed by atoms with E-state index in [9.17, 15) is 9.59 Å². The molecule has 1 amide bonds. The molecule has 24 heavy (non-hydrogen) atoms. The van der Waals surface area contributed by atoms with Gasteiger partial charge in [-0.3, -0.25) is 4.79 Å². The molecule has 0 atom stereocenters. The maximum absolute atomic E-state index is 12.7. The van der Waals surface area contributed by atoms with E-state index in [1.54, 1.807) is 17.9 Å². The second-order valence-electron chi connectivity index (χ2n) is 4.85. The molecule has 0 aromatic carbocycles. The van der Waals surface area contributed by atoms with Gasteiger partial charge in [-0.25, -0.2) is 4.79 Å². The Morgan fingerprint density at radius 1 is 1.38 bits per heavy atom. The number of esters is 1. The van der Waals surface area contributed by atoms with E-state index >= 15 is 0 Å². The number of carbonyl (C=O) groups excluding carboxylic acids is 2. The van der Waals surface area contributed by atoms with E-state index < -0.39 is 5.97 Å². The fourth-order valence-corrected chi connectivity index (χ4v) is 3.54. The molecule has 0 spiro atoms. The van der Waals surface area contributed by atoms with Gasteiger partial charge in [0.25, 0.3) is 5.91 Å². The minimum Gasteiger partial charge on any atom is -0.465 e. The van der Waals surface area contributed by atoms with Crippen LogP contribution >= 0.6 is 23.6 Å². The number of methoxy groups -OCH3 is 1. The summed E-state index contributed by atoms with van der Waals surface area (Å²) in [5.41, 5.74) is 0.929. The first-order valence-electron chi connectivity index (χ1n) is 7.57. The molecular weight excluding hydrogens is 346 g/mol. The summed E-state index contributed by atoms with van der Waals surface area (Å²) in [4.78, 5) is 27.0. The van der Waals surface area contributed by atoms with E-state index in [4.69, 9.17) is 17.0 Å². The molecule has 1 aromatic rings. The fraction of sp³-hybridized carbons (Fsp3) is 0.438. The SMILES string of the molecule is C=CCNC(=S)Nc1sc(C(=O)N(CC)CC)c(C)c1C(=O)OC. The number of carbonyl (C=O) groups is 2. The van der Waals surface area contributed by atoms with Gasteiger partial charge >= 0.3 is 5.97 Å². The summed E-state index contributed by atoms with van der Waals surface area (Å²) in [6, 6.07) is 0. The summed E-state index contributed by atoms with van der Waals surface area (Å²) in [6.07, 6.45) is 1.67. The number of thiophene rings is 1. The zero-order chi connectivity index (χ0) is 18.3. The largest absolute Gasteiger partial charge is 0.465 e. The first kappa shape index (κ1) is 20.1. The molecule has 1 heterocycles. The van der Waals surface area contributed by atoms with Crippen LogP contribution in [0.4, 0.5) is 5.00 Å². The minimum atomic E-state index is -0.503. The minimum absolute atomic E-state index is 0.106. The normalized spacial score (nSPS) is 10.0. The van der Waals surface area contributed by atoms with Crippen LogP contribution in [0, 0.1) is 6.92 Å². The van der Waals surface area contributed by atoms with Gasteiger partial charge in [-0.05, 0) is 38.6 Å². The Balaban J connectivity index is 3.25. The third kappa shape index (κ3) is 4.55. The number of nitrogens with one attached hydrogen (secondary N) is 2. The van der Waals surface area contributed by atoms with E-state index in [0.29, 0.717) is 45.8 Å². The quantitative estimate of drug-likeness (QED) is 0.438. The van der Waals surface area contributed by atoms with E-state index in [0.717, 1.165) is 0 Å². The van der Waals surface area contributed by atoms with Crippen molar-refractivity contribution in [3.63, 3.8) is 0 Å². The van der Waals surface area contributed by atoms with Crippen molar-refractivity contribution in [1.29, 1.82) is 0 Å². The van der Waals surface area contributed by atoms with Crippen LogP contribution in [0.25, 0.3) is 0 Å². The van der Waals surface area contributed by atoms with Crippen LogP contribution in [0.3, 0.4) is 0 Å². The predicted octanol–water partition coefficient (Wildman–Crippen LogP) is 2.80. The third-order valence-electron chi connectivity index (χ3n) is 3.42. The van der Waals surface area contributed by atoms with Crippen molar-refractivity contribution >= 4 is 45.5 Å². The molecule has 132 valence electrons. The number of hydrogen-bond donors (Lipinski definition) is 2. The van der Waals surface area contributed by atoms with Crippen molar-refractivity contribution in [2.45, 2.75) is 20.8 Å². The van der Waals surface area contributed by atoms with Crippen LogP contribution in [0.5, 0.6) is 0 Å². The Morgan fingerprint density at radius 3 is 2.50 bits per heavy atom. The second-order valence-corrected chi connectivity index (χ2v) is 6.28. The number of amides is 1. The molecule has 8 heteroatoms. The van der Waals surface area contributed by atoms with Gasteiger partial charge in [0.1, 0.15) is 5.00 Å². The molecule has 0 unspecified atom stereocenters. The average Bonchev–Trinajstić information content (AvgIpc) is 2.89. The standard InChI is InChI=1S/C16H23N3O3S2/c1-6-9-17-16(23)18-13-11(15(21)22-5)10(4)12(24-13)14(20)19(7-2)8-3/h6H,1,7-9H2,2-5H3,(H2,17,18,23). The summed E-state index contributed by atoms with van der Waals surface area (Å²) >= 11 is 6.39. The second kappa shape index (κ2) is 9.39. The van der Waals surface area contributed by atoms with Crippen LogP contribution in [0.1, 0.15) is 39.4 Å². The van der Waals surface area contributed by atoms with Gasteiger partial charge in [-0.1, -0.05) is 6.08 Å². The number of anilines is 1. The summed E-state index contributed by atoms with van der Waals surface area (Å²) in [6.45, 7) is 10.9. The highest BCUT2D eigenvalue weighted by atomic mass is 32.1. The molecule has 1 aromatic heterocycles. The molecule has 0 aliphatic heterocycles. The van der Waals surface area contributed by atoms with Crippen LogP contribution < -0.4 is 10.6 Å². The Morgan fingerprint density at radius 2 is 2.00 bits per heavy atom. The lowest BCUT2D eigenvalue weighted by atomic mass is 10.1. The van der Waals surface area contributed by atoms with Crippen LogP contribution in [0.2, 0.25) is 0 Å². The van der Waals surface area contributed by atoms with Crippen molar-refractivity contribution in [2.24, 2.45) is 0 Å². The molecule has 0 radical (unpaired) electrons. The van der Waals surface area contributed by atoms with Gasteiger partial charge in [0.15, 0.2) is 5.11 Å². The molecule has 0 aliphatic carbocycles. The van der Waals surface area contributed by atoms with Gasteiger partial charge in [-0.2, -0.15) is 0 Å². The molecule has 6 nitrogen and oxygen atoms in total. The summed E-state index contributed by atoms with van der Waals surface area (Å²) in [5, 5.41) is 6.75. The van der Waals surface area contributed by atoms with E-state index in [2.05, 4.69) is 17.2 Å². The highest BCUT2D eigenvalue weighted by molar-refractivity contribution is 7.80. The summed E-state index contributed by atoms with van der Waals surface area (Å²) < 4.78 is 4.85. The summed E-state index contributed by atoms with van der Waals surface area (Å²) in [5.74, 6) is -0.609. The first-order chi connectivity index (χ1) is 11.4. The Kier molecular flexibility index (Phi) is 7.87. The van der Waals surface area contributed by atoms with Crippen LogP contribution in [0.15, 0.2) is 12.7 Å². The van der Waals surface area contributed by atoms with Gasteiger partial charge in [-0.15, -0.1) is 17.9 Å². The lowest BCUT2D eigenvalue weighted by molar-refractivity contribution is 0.0601.